The summed E-state index contributed by atoms with van der Waals surface area (Å²) in [5, 5.41) is 1.71. The van der Waals surface area contributed by atoms with Crippen molar-refractivity contribution < 1.29 is 19.0 Å². The first kappa shape index (κ1) is 29.5. The number of esters is 1. The maximum atomic E-state index is 14.2. The Balaban J connectivity index is 1.53. The van der Waals surface area contributed by atoms with E-state index in [1.54, 1.807) is 44.8 Å². The molecule has 0 aliphatic carbocycles. The number of hydrogen-bond donors (Lipinski definition) is 0. The van der Waals surface area contributed by atoms with Gasteiger partial charge in [-0.05, 0) is 55.8 Å². The minimum atomic E-state index is -0.806. The number of fused-ring (bicyclic) bond motifs is 2. The third-order valence-electron chi connectivity index (χ3n) is 7.62. The van der Waals surface area contributed by atoms with E-state index < -0.39 is 12.0 Å². The van der Waals surface area contributed by atoms with Gasteiger partial charge in [0.1, 0.15) is 17.5 Å². The van der Waals surface area contributed by atoms with Crippen LogP contribution in [0.3, 0.4) is 0 Å². The molecule has 1 aliphatic heterocycles. The van der Waals surface area contributed by atoms with Crippen molar-refractivity contribution in [1.82, 2.24) is 9.13 Å². The number of thiazole rings is 1. The van der Waals surface area contributed by atoms with Gasteiger partial charge in [-0.3, -0.25) is 9.36 Å². The average Bonchev–Trinajstić information content (AvgIpc) is 3.53. The van der Waals surface area contributed by atoms with Gasteiger partial charge in [0.15, 0.2) is 4.80 Å². The SMILES string of the molecule is CCOC(=O)C1=C(C)N=c2s/c(=C/c3cn(Cc4ccc(Cl)cc4)c4ccccc34)c(=O)n2[C@H]1c1ccc(OC)cc1OC. The Morgan fingerprint density at radius 2 is 1.84 bits per heavy atom. The first-order valence-corrected chi connectivity index (χ1v) is 15.3. The lowest BCUT2D eigenvalue weighted by Crippen LogP contribution is -2.40. The first-order chi connectivity index (χ1) is 21.3. The van der Waals surface area contributed by atoms with E-state index in [0.29, 0.717) is 43.7 Å². The van der Waals surface area contributed by atoms with Gasteiger partial charge in [0.2, 0.25) is 0 Å². The summed E-state index contributed by atoms with van der Waals surface area (Å²) >= 11 is 7.38. The lowest BCUT2D eigenvalue weighted by Gasteiger charge is -2.26. The van der Waals surface area contributed by atoms with Gasteiger partial charge >= 0.3 is 5.97 Å². The van der Waals surface area contributed by atoms with Crippen LogP contribution in [0.2, 0.25) is 5.02 Å². The number of ether oxygens (including phenoxy) is 3. The zero-order valence-corrected chi connectivity index (χ0v) is 26.2. The predicted octanol–water partition coefficient (Wildman–Crippen LogP) is 5.47. The molecule has 1 atom stereocenters. The van der Waals surface area contributed by atoms with Crippen molar-refractivity contribution >= 4 is 45.9 Å². The van der Waals surface area contributed by atoms with Gasteiger partial charge < -0.3 is 18.8 Å². The van der Waals surface area contributed by atoms with Crippen LogP contribution in [-0.2, 0) is 16.1 Å². The second kappa shape index (κ2) is 12.2. The Morgan fingerprint density at radius 1 is 1.07 bits per heavy atom. The number of carbonyl (C=O) groups excluding carboxylic acids is 1. The fourth-order valence-electron chi connectivity index (χ4n) is 5.58. The third kappa shape index (κ3) is 5.33. The lowest BCUT2D eigenvalue weighted by molar-refractivity contribution is -0.139. The van der Waals surface area contributed by atoms with Crippen LogP contribution in [0.1, 0.15) is 36.6 Å². The molecule has 5 aromatic rings. The standard InChI is InChI=1S/C34H30ClN3O5S/c1-5-43-33(40)30-20(2)36-34-38(31(30)26-15-14-24(41-3)17-28(26)42-4)32(39)29(44-34)16-22-19-37(27-9-7-6-8-25(22)27)18-21-10-12-23(35)13-11-21/h6-17,19,31H,5,18H2,1-4H3/b29-16+/t31-/m0/s1. The molecule has 10 heteroatoms. The minimum Gasteiger partial charge on any atom is -0.497 e. The molecular weight excluding hydrogens is 598 g/mol. The molecule has 3 heterocycles. The number of allylic oxidation sites excluding steroid dienone is 1. The summed E-state index contributed by atoms with van der Waals surface area (Å²) in [5.41, 5.74) is 4.19. The van der Waals surface area contributed by atoms with E-state index in [9.17, 15) is 9.59 Å². The molecule has 0 unspecified atom stereocenters. The van der Waals surface area contributed by atoms with Gasteiger partial charge in [-0.1, -0.05) is 53.3 Å². The number of rotatable bonds is 8. The molecule has 2 aromatic heterocycles. The molecule has 0 N–H and O–H groups in total. The Bertz CT molecular complexity index is 2110. The number of aromatic nitrogens is 2. The molecule has 3 aromatic carbocycles. The van der Waals surface area contributed by atoms with E-state index in [-0.39, 0.29) is 17.7 Å². The maximum Gasteiger partial charge on any atom is 0.338 e. The van der Waals surface area contributed by atoms with E-state index in [0.717, 1.165) is 22.0 Å². The van der Waals surface area contributed by atoms with Crippen LogP contribution < -0.4 is 24.4 Å². The quantitative estimate of drug-likeness (QED) is 0.213. The molecule has 0 fully saturated rings. The van der Waals surface area contributed by atoms with Gasteiger partial charge in [0.25, 0.3) is 5.56 Å². The van der Waals surface area contributed by atoms with E-state index in [1.165, 1.54) is 11.3 Å². The van der Waals surface area contributed by atoms with E-state index in [2.05, 4.69) is 16.8 Å². The number of halogens is 1. The molecule has 0 bridgehead atoms. The molecular formula is C34H30ClN3O5S. The molecule has 0 saturated heterocycles. The van der Waals surface area contributed by atoms with Crippen LogP contribution in [0, 0.1) is 0 Å². The summed E-state index contributed by atoms with van der Waals surface area (Å²) < 4.78 is 20.8. The Hall–Kier alpha value is -4.60. The molecule has 0 spiro atoms. The molecule has 6 rings (SSSR count). The highest BCUT2D eigenvalue weighted by Crippen LogP contribution is 2.37. The van der Waals surface area contributed by atoms with Crippen LogP contribution in [0.5, 0.6) is 11.5 Å². The Labute approximate surface area is 262 Å². The van der Waals surface area contributed by atoms with Gasteiger partial charge in [-0.2, -0.15) is 0 Å². The first-order valence-electron chi connectivity index (χ1n) is 14.1. The van der Waals surface area contributed by atoms with E-state index >= 15 is 0 Å². The Morgan fingerprint density at radius 3 is 2.57 bits per heavy atom. The highest BCUT2D eigenvalue weighted by molar-refractivity contribution is 7.07. The fraction of sp³-hybridized carbons (Fsp3) is 0.206. The molecule has 0 amide bonds. The second-order valence-corrected chi connectivity index (χ2v) is 11.7. The number of hydrogen-bond acceptors (Lipinski definition) is 7. The van der Waals surface area contributed by atoms with Crippen molar-refractivity contribution in [1.29, 1.82) is 0 Å². The van der Waals surface area contributed by atoms with Crippen molar-refractivity contribution in [2.24, 2.45) is 4.99 Å². The number of para-hydroxylation sites is 1. The van der Waals surface area contributed by atoms with Crippen LogP contribution in [0.25, 0.3) is 17.0 Å². The van der Waals surface area contributed by atoms with E-state index in [1.807, 2.05) is 54.6 Å². The van der Waals surface area contributed by atoms with Crippen LogP contribution in [-0.4, -0.2) is 35.9 Å². The topological polar surface area (TPSA) is 84.1 Å². The Kier molecular flexibility index (Phi) is 8.16. The lowest BCUT2D eigenvalue weighted by atomic mass is 9.95. The zero-order chi connectivity index (χ0) is 31.0. The van der Waals surface area contributed by atoms with Crippen molar-refractivity contribution in [2.45, 2.75) is 26.4 Å². The smallest absolute Gasteiger partial charge is 0.338 e. The second-order valence-electron chi connectivity index (χ2n) is 10.3. The van der Waals surface area contributed by atoms with Gasteiger partial charge in [0, 0.05) is 45.9 Å². The number of carbonyl (C=O) groups is 1. The van der Waals surface area contributed by atoms with Gasteiger partial charge in [-0.25, -0.2) is 9.79 Å². The van der Waals surface area contributed by atoms with Crippen molar-refractivity contribution in [2.75, 3.05) is 20.8 Å². The van der Waals surface area contributed by atoms with Crippen LogP contribution >= 0.6 is 22.9 Å². The normalized spacial score (nSPS) is 14.8. The molecule has 1 aliphatic rings. The van der Waals surface area contributed by atoms with Crippen molar-refractivity contribution in [3.05, 3.63) is 126 Å². The number of benzene rings is 3. The molecule has 0 saturated carbocycles. The molecule has 224 valence electrons. The fourth-order valence-corrected chi connectivity index (χ4v) is 6.74. The number of nitrogens with zero attached hydrogens (tertiary/aromatic N) is 3. The highest BCUT2D eigenvalue weighted by Gasteiger charge is 2.35. The maximum absolute atomic E-state index is 14.2. The van der Waals surface area contributed by atoms with Crippen LogP contribution in [0.4, 0.5) is 0 Å². The minimum absolute atomic E-state index is 0.187. The molecule has 8 nitrogen and oxygen atoms in total. The molecule has 0 radical (unpaired) electrons. The van der Waals surface area contributed by atoms with Gasteiger partial charge in [-0.15, -0.1) is 0 Å². The van der Waals surface area contributed by atoms with Crippen molar-refractivity contribution in [3.63, 3.8) is 0 Å². The van der Waals surface area contributed by atoms with E-state index in [4.69, 9.17) is 30.8 Å². The van der Waals surface area contributed by atoms with Crippen LogP contribution in [0.15, 0.2) is 94.0 Å². The predicted molar refractivity (Wildman–Crippen MR) is 172 cm³/mol. The summed E-state index contributed by atoms with van der Waals surface area (Å²) in [6.45, 7) is 4.34. The summed E-state index contributed by atoms with van der Waals surface area (Å²) in [6, 6.07) is 20.4. The van der Waals surface area contributed by atoms with Gasteiger partial charge in [0.05, 0.1) is 36.6 Å². The summed E-state index contributed by atoms with van der Waals surface area (Å²) in [5.74, 6) is 0.535. The average molecular weight is 628 g/mol. The largest absolute Gasteiger partial charge is 0.497 e. The molecule has 44 heavy (non-hydrogen) atoms. The summed E-state index contributed by atoms with van der Waals surface area (Å²) in [4.78, 5) is 32.8. The highest BCUT2D eigenvalue weighted by atomic mass is 35.5. The summed E-state index contributed by atoms with van der Waals surface area (Å²) in [6.07, 6.45) is 3.95. The van der Waals surface area contributed by atoms with Crippen molar-refractivity contribution in [3.8, 4) is 11.5 Å². The zero-order valence-electron chi connectivity index (χ0n) is 24.7. The summed E-state index contributed by atoms with van der Waals surface area (Å²) in [7, 11) is 3.11. The third-order valence-corrected chi connectivity index (χ3v) is 8.86. The monoisotopic (exact) mass is 627 g/mol. The number of methoxy groups -OCH3 is 2.